The fourth-order valence-corrected chi connectivity index (χ4v) is 3.55. The zero-order valence-electron chi connectivity index (χ0n) is 17.8. The maximum Gasteiger partial charge on any atom is 0.409 e. The Bertz CT molecular complexity index is 1050. The molecule has 1 aliphatic rings. The summed E-state index contributed by atoms with van der Waals surface area (Å²) in [5, 5.41) is 11.8. The first-order valence-electron chi connectivity index (χ1n) is 10.0. The van der Waals surface area contributed by atoms with Crippen LogP contribution in [0.3, 0.4) is 0 Å². The van der Waals surface area contributed by atoms with Gasteiger partial charge >= 0.3 is 12.1 Å². The number of rotatable bonds is 6. The minimum absolute atomic E-state index is 0.0850. The highest BCUT2D eigenvalue weighted by atomic mass is 16.6. The first kappa shape index (κ1) is 22.7. The van der Waals surface area contributed by atoms with Gasteiger partial charge in [0.25, 0.3) is 5.69 Å². The van der Waals surface area contributed by atoms with E-state index in [1.165, 1.54) is 37.4 Å². The highest BCUT2D eigenvalue weighted by Crippen LogP contribution is 2.31. The third-order valence-electron chi connectivity index (χ3n) is 5.16. The van der Waals surface area contributed by atoms with Crippen LogP contribution in [0, 0.1) is 10.1 Å². The van der Waals surface area contributed by atoms with Crippen LogP contribution >= 0.6 is 0 Å². The fourth-order valence-electron chi connectivity index (χ4n) is 3.55. The molecule has 0 radical (unpaired) electrons. The number of carbonyl (C=O) groups is 3. The van der Waals surface area contributed by atoms with E-state index in [-0.39, 0.29) is 29.0 Å². The number of hydrogen-bond donors (Lipinski definition) is 0. The first-order chi connectivity index (χ1) is 15.4. The molecule has 0 unspecified atom stereocenters. The van der Waals surface area contributed by atoms with Crippen LogP contribution in [0.2, 0.25) is 0 Å². The molecule has 3 rings (SSSR count). The van der Waals surface area contributed by atoms with Gasteiger partial charge in [0.15, 0.2) is 5.78 Å². The molecule has 0 saturated carbocycles. The summed E-state index contributed by atoms with van der Waals surface area (Å²) in [4.78, 5) is 51.5. The van der Waals surface area contributed by atoms with Crippen LogP contribution in [0.5, 0.6) is 0 Å². The molecule has 1 aliphatic heterocycles. The number of piperazine rings is 1. The van der Waals surface area contributed by atoms with Crippen LogP contribution in [-0.4, -0.2) is 67.6 Å². The minimum atomic E-state index is -0.667. The van der Waals surface area contributed by atoms with Gasteiger partial charge in [0, 0.05) is 43.4 Å². The largest absolute Gasteiger partial charge is 0.465 e. The maximum atomic E-state index is 13.0. The lowest BCUT2D eigenvalue weighted by Crippen LogP contribution is -2.49. The van der Waals surface area contributed by atoms with Gasteiger partial charge in [-0.1, -0.05) is 18.2 Å². The van der Waals surface area contributed by atoms with Crippen molar-refractivity contribution in [2.45, 2.75) is 6.92 Å². The van der Waals surface area contributed by atoms with Gasteiger partial charge in [-0.3, -0.25) is 14.9 Å². The molecule has 0 spiro atoms. The number of nitrogens with zero attached hydrogens (tertiary/aromatic N) is 3. The van der Waals surface area contributed by atoms with Gasteiger partial charge in [0.05, 0.1) is 24.2 Å². The fraction of sp³-hybridized carbons (Fsp3) is 0.318. The summed E-state index contributed by atoms with van der Waals surface area (Å²) in [6, 6.07) is 10.4. The number of anilines is 1. The summed E-state index contributed by atoms with van der Waals surface area (Å²) in [7, 11) is 1.21. The molecule has 2 aromatic carbocycles. The van der Waals surface area contributed by atoms with Crippen LogP contribution in [0.1, 0.15) is 33.2 Å². The number of carbonyl (C=O) groups excluding carboxylic acids is 3. The predicted octanol–water partition coefficient (Wildman–Crippen LogP) is 2.89. The van der Waals surface area contributed by atoms with E-state index in [2.05, 4.69) is 0 Å². The van der Waals surface area contributed by atoms with Crippen molar-refractivity contribution in [3.63, 3.8) is 0 Å². The number of ether oxygens (including phenoxy) is 2. The summed E-state index contributed by atoms with van der Waals surface area (Å²) in [5.74, 6) is -1.19. The van der Waals surface area contributed by atoms with Crippen molar-refractivity contribution in [2.75, 3.05) is 44.8 Å². The third-order valence-corrected chi connectivity index (χ3v) is 5.16. The second-order valence-electron chi connectivity index (χ2n) is 7.00. The van der Waals surface area contributed by atoms with Crippen LogP contribution in [0.25, 0.3) is 0 Å². The summed E-state index contributed by atoms with van der Waals surface area (Å²) >= 11 is 0. The van der Waals surface area contributed by atoms with Crippen molar-refractivity contribution < 1.29 is 28.8 Å². The van der Waals surface area contributed by atoms with Crippen molar-refractivity contribution in [2.24, 2.45) is 0 Å². The van der Waals surface area contributed by atoms with E-state index in [1.54, 1.807) is 28.9 Å². The van der Waals surface area contributed by atoms with Crippen molar-refractivity contribution in [3.8, 4) is 0 Å². The van der Waals surface area contributed by atoms with Gasteiger partial charge < -0.3 is 19.3 Å². The van der Waals surface area contributed by atoms with E-state index < -0.39 is 22.8 Å². The second kappa shape index (κ2) is 9.90. The molecule has 1 fully saturated rings. The molecule has 2 aromatic rings. The SMILES string of the molecule is CCOC(=O)N1CCN(c2ccc(C(=O)c3ccccc3C(=O)OC)cc2[N+](=O)[O-])CC1. The van der Waals surface area contributed by atoms with E-state index in [0.717, 1.165) is 0 Å². The molecule has 0 aromatic heterocycles. The Hall–Kier alpha value is -3.95. The Kier molecular flexibility index (Phi) is 7.04. The van der Waals surface area contributed by atoms with Crippen molar-refractivity contribution in [1.29, 1.82) is 0 Å². The smallest absolute Gasteiger partial charge is 0.409 e. The number of benzene rings is 2. The highest BCUT2D eigenvalue weighted by Gasteiger charge is 2.28. The van der Waals surface area contributed by atoms with Crippen molar-refractivity contribution in [1.82, 2.24) is 4.90 Å². The zero-order valence-corrected chi connectivity index (χ0v) is 17.8. The molecule has 0 bridgehead atoms. The standard InChI is InChI=1S/C22H23N3O7/c1-3-32-22(28)24-12-10-23(11-13-24)18-9-8-15(14-19(18)25(29)30)20(26)16-6-4-5-7-17(16)21(27)31-2/h4-9,14H,3,10-13H2,1-2H3. The molecule has 1 saturated heterocycles. The lowest BCUT2D eigenvalue weighted by Gasteiger charge is -2.35. The van der Waals surface area contributed by atoms with Gasteiger partial charge in [0.2, 0.25) is 0 Å². The Morgan fingerprint density at radius 3 is 2.28 bits per heavy atom. The van der Waals surface area contributed by atoms with E-state index in [9.17, 15) is 24.5 Å². The molecule has 1 amide bonds. The summed E-state index contributed by atoms with van der Waals surface area (Å²) < 4.78 is 9.71. The maximum absolute atomic E-state index is 13.0. The van der Waals surface area contributed by atoms with E-state index in [4.69, 9.17) is 9.47 Å². The molecule has 168 valence electrons. The number of ketones is 1. The molecule has 10 heteroatoms. The predicted molar refractivity (Wildman–Crippen MR) is 115 cm³/mol. The Morgan fingerprint density at radius 1 is 1.03 bits per heavy atom. The number of esters is 1. The quantitative estimate of drug-likeness (QED) is 0.291. The Morgan fingerprint density at radius 2 is 1.69 bits per heavy atom. The average Bonchev–Trinajstić information content (AvgIpc) is 2.83. The molecule has 1 heterocycles. The topological polar surface area (TPSA) is 119 Å². The Labute approximate surface area is 184 Å². The van der Waals surface area contributed by atoms with Gasteiger partial charge in [-0.15, -0.1) is 0 Å². The number of amides is 1. The number of hydrogen-bond acceptors (Lipinski definition) is 8. The second-order valence-corrected chi connectivity index (χ2v) is 7.00. The van der Waals surface area contributed by atoms with Crippen LogP contribution < -0.4 is 4.90 Å². The van der Waals surface area contributed by atoms with Crippen LogP contribution in [0.4, 0.5) is 16.2 Å². The molecule has 0 N–H and O–H groups in total. The normalized spacial score (nSPS) is 13.4. The molecular weight excluding hydrogens is 418 g/mol. The van der Waals surface area contributed by atoms with E-state index in [1.807, 2.05) is 0 Å². The van der Waals surface area contributed by atoms with Gasteiger partial charge in [-0.2, -0.15) is 0 Å². The van der Waals surface area contributed by atoms with E-state index in [0.29, 0.717) is 31.9 Å². The molecule has 0 atom stereocenters. The molecule has 10 nitrogen and oxygen atoms in total. The van der Waals surface area contributed by atoms with Crippen molar-refractivity contribution in [3.05, 3.63) is 69.3 Å². The first-order valence-corrected chi connectivity index (χ1v) is 10.0. The summed E-state index contributed by atoms with van der Waals surface area (Å²) in [5.41, 5.74) is 0.403. The van der Waals surface area contributed by atoms with Gasteiger partial charge in [-0.05, 0) is 25.1 Å². The lowest BCUT2D eigenvalue weighted by atomic mass is 9.97. The third kappa shape index (κ3) is 4.69. The number of methoxy groups -OCH3 is 1. The van der Waals surface area contributed by atoms with Crippen molar-refractivity contribution >= 4 is 29.2 Å². The van der Waals surface area contributed by atoms with E-state index >= 15 is 0 Å². The zero-order chi connectivity index (χ0) is 23.3. The van der Waals surface area contributed by atoms with Crippen LogP contribution in [0.15, 0.2) is 42.5 Å². The van der Waals surface area contributed by atoms with Gasteiger partial charge in [0.1, 0.15) is 5.69 Å². The average molecular weight is 441 g/mol. The summed E-state index contributed by atoms with van der Waals surface area (Å²) in [6.45, 7) is 3.51. The monoisotopic (exact) mass is 441 g/mol. The van der Waals surface area contributed by atoms with Gasteiger partial charge in [-0.25, -0.2) is 9.59 Å². The number of nitro benzene ring substituents is 1. The summed E-state index contributed by atoms with van der Waals surface area (Å²) in [6.07, 6.45) is -0.410. The Balaban J connectivity index is 1.87. The van der Waals surface area contributed by atoms with Crippen LogP contribution in [-0.2, 0) is 9.47 Å². The molecule has 32 heavy (non-hydrogen) atoms. The number of nitro groups is 1. The highest BCUT2D eigenvalue weighted by molar-refractivity contribution is 6.14. The molecular formula is C22H23N3O7. The molecule has 0 aliphatic carbocycles. The minimum Gasteiger partial charge on any atom is -0.465 e. The lowest BCUT2D eigenvalue weighted by molar-refractivity contribution is -0.384.